The lowest BCUT2D eigenvalue weighted by Crippen LogP contribution is -2.30. The topological polar surface area (TPSA) is 64.6 Å². The Morgan fingerprint density at radius 3 is 2.50 bits per heavy atom. The zero-order valence-electron chi connectivity index (χ0n) is 13.6. The molecule has 0 unspecified atom stereocenters. The molecule has 2 rings (SSSR count). The van der Waals surface area contributed by atoms with E-state index >= 15 is 0 Å². The first kappa shape index (κ1) is 20.1. The van der Waals surface area contributed by atoms with Crippen molar-refractivity contribution in [2.75, 3.05) is 12.4 Å². The van der Waals surface area contributed by atoms with Gasteiger partial charge in [-0.15, -0.1) is 0 Å². The van der Waals surface area contributed by atoms with E-state index in [4.69, 9.17) is 16.3 Å². The molecule has 0 aliphatic carbocycles. The minimum atomic E-state index is -1.10. The van der Waals surface area contributed by atoms with E-state index in [9.17, 15) is 18.4 Å². The molecular weight excluding hydrogens is 436 g/mol. The monoisotopic (exact) mass is 447 g/mol. The van der Waals surface area contributed by atoms with E-state index < -0.39 is 35.2 Å². The summed E-state index contributed by atoms with van der Waals surface area (Å²) in [5.74, 6) is -3.47. The Balaban J connectivity index is 2.17. The summed E-state index contributed by atoms with van der Waals surface area (Å²) < 4.78 is 38.0. The Morgan fingerprint density at radius 2 is 1.88 bits per heavy atom. The summed E-state index contributed by atoms with van der Waals surface area (Å²) >= 11 is 9.08. The molecule has 1 atom stereocenters. The van der Waals surface area contributed by atoms with Gasteiger partial charge in [0.2, 0.25) is 0 Å². The van der Waals surface area contributed by atoms with Gasteiger partial charge in [-0.3, -0.25) is 4.79 Å². The van der Waals surface area contributed by atoms with E-state index in [-0.39, 0.29) is 5.69 Å². The number of amides is 1. The molecule has 9 heteroatoms. The maximum atomic E-state index is 13.9. The van der Waals surface area contributed by atoms with Crippen molar-refractivity contribution in [3.8, 4) is 5.75 Å². The van der Waals surface area contributed by atoms with Gasteiger partial charge in [-0.2, -0.15) is 0 Å². The maximum absolute atomic E-state index is 13.9. The number of carbonyl (C=O) groups is 2. The Kier molecular flexibility index (Phi) is 6.55. The molecule has 0 aliphatic rings. The van der Waals surface area contributed by atoms with E-state index in [0.717, 1.165) is 13.2 Å². The number of rotatable bonds is 5. The van der Waals surface area contributed by atoms with Crippen LogP contribution in [0.5, 0.6) is 5.75 Å². The van der Waals surface area contributed by atoms with Gasteiger partial charge in [-0.25, -0.2) is 13.6 Å². The highest BCUT2D eigenvalue weighted by atomic mass is 79.9. The summed E-state index contributed by atoms with van der Waals surface area (Å²) in [6.45, 7) is 1.44. The zero-order chi connectivity index (χ0) is 19.4. The number of methoxy groups -OCH3 is 1. The Bertz CT molecular complexity index is 863. The average molecular weight is 449 g/mol. The zero-order valence-corrected chi connectivity index (χ0v) is 16.0. The fourth-order valence-corrected chi connectivity index (χ4v) is 2.74. The van der Waals surface area contributed by atoms with Crippen molar-refractivity contribution >= 4 is 45.1 Å². The number of hydrogen-bond acceptors (Lipinski definition) is 4. The molecule has 2 aromatic rings. The van der Waals surface area contributed by atoms with Crippen LogP contribution in [0.1, 0.15) is 17.3 Å². The predicted octanol–water partition coefficient (Wildman–Crippen LogP) is 4.57. The molecule has 0 aromatic heterocycles. The van der Waals surface area contributed by atoms with Crippen molar-refractivity contribution < 1.29 is 27.8 Å². The third kappa shape index (κ3) is 4.70. The van der Waals surface area contributed by atoms with Gasteiger partial charge in [-0.1, -0.05) is 11.6 Å². The van der Waals surface area contributed by atoms with E-state index in [1.165, 1.54) is 6.92 Å². The lowest BCUT2D eigenvalue weighted by atomic mass is 10.1. The number of esters is 1. The number of hydrogen-bond donors (Lipinski definition) is 1. The van der Waals surface area contributed by atoms with Crippen LogP contribution in [0.3, 0.4) is 0 Å². The molecule has 0 saturated heterocycles. The molecule has 0 radical (unpaired) electrons. The van der Waals surface area contributed by atoms with E-state index in [0.29, 0.717) is 21.3 Å². The number of anilines is 1. The molecule has 0 spiro atoms. The standard InChI is InChI=1S/C17H13BrClF2NO4/c1-8(26-15-4-3-9(19)5-11(15)18)16(23)22-14-6-10(17(24)25-2)12(20)7-13(14)21/h3-8H,1-2H3,(H,22,23)/t8-/m1/s1. The lowest BCUT2D eigenvalue weighted by Gasteiger charge is -2.16. The first-order valence-electron chi connectivity index (χ1n) is 7.23. The maximum Gasteiger partial charge on any atom is 0.340 e. The number of benzene rings is 2. The Morgan fingerprint density at radius 1 is 1.19 bits per heavy atom. The van der Waals surface area contributed by atoms with Gasteiger partial charge in [0.15, 0.2) is 6.10 Å². The van der Waals surface area contributed by atoms with Gasteiger partial charge in [0, 0.05) is 11.1 Å². The Labute approximate surface area is 161 Å². The summed E-state index contributed by atoms with van der Waals surface area (Å²) in [4.78, 5) is 23.7. The number of carbonyl (C=O) groups excluding carboxylic acids is 2. The van der Waals surface area contributed by atoms with Crippen LogP contribution in [0.2, 0.25) is 5.02 Å². The molecular formula is C17H13BrClF2NO4. The molecule has 26 heavy (non-hydrogen) atoms. The number of ether oxygens (including phenoxy) is 2. The van der Waals surface area contributed by atoms with Crippen LogP contribution >= 0.6 is 27.5 Å². The van der Waals surface area contributed by atoms with E-state index in [1.54, 1.807) is 18.2 Å². The van der Waals surface area contributed by atoms with Gasteiger partial charge in [0.1, 0.15) is 17.4 Å². The van der Waals surface area contributed by atoms with Gasteiger partial charge >= 0.3 is 5.97 Å². The average Bonchev–Trinajstić information content (AvgIpc) is 2.58. The van der Waals surface area contributed by atoms with Crippen LogP contribution in [0.15, 0.2) is 34.8 Å². The van der Waals surface area contributed by atoms with Crippen LogP contribution in [0.4, 0.5) is 14.5 Å². The first-order valence-corrected chi connectivity index (χ1v) is 8.40. The fraction of sp³-hybridized carbons (Fsp3) is 0.176. The third-order valence-corrected chi connectivity index (χ3v) is 4.14. The second-order valence-corrected chi connectivity index (χ2v) is 6.42. The lowest BCUT2D eigenvalue weighted by molar-refractivity contribution is -0.122. The summed E-state index contributed by atoms with van der Waals surface area (Å²) in [6, 6.07) is 6.07. The van der Waals surface area contributed by atoms with E-state index in [1.807, 2.05) is 0 Å². The molecule has 0 saturated carbocycles. The van der Waals surface area contributed by atoms with Crippen molar-refractivity contribution in [1.29, 1.82) is 0 Å². The molecule has 1 amide bonds. The second kappa shape index (κ2) is 8.46. The molecule has 138 valence electrons. The van der Waals surface area contributed by atoms with Crippen molar-refractivity contribution in [1.82, 2.24) is 0 Å². The van der Waals surface area contributed by atoms with Crippen LogP contribution in [0.25, 0.3) is 0 Å². The van der Waals surface area contributed by atoms with Crippen LogP contribution in [0, 0.1) is 11.6 Å². The highest BCUT2D eigenvalue weighted by Gasteiger charge is 2.21. The highest BCUT2D eigenvalue weighted by Crippen LogP contribution is 2.29. The first-order chi connectivity index (χ1) is 12.2. The summed E-state index contributed by atoms with van der Waals surface area (Å²) in [6.07, 6.45) is -1.02. The summed E-state index contributed by atoms with van der Waals surface area (Å²) in [5, 5.41) is 2.73. The van der Waals surface area contributed by atoms with E-state index in [2.05, 4.69) is 26.0 Å². The molecule has 0 fully saturated rings. The molecule has 0 bridgehead atoms. The molecule has 0 aliphatic heterocycles. The van der Waals surface area contributed by atoms with Gasteiger partial charge in [-0.05, 0) is 47.1 Å². The minimum absolute atomic E-state index is 0.354. The molecule has 1 N–H and O–H groups in total. The molecule has 0 heterocycles. The van der Waals surface area contributed by atoms with Crippen LogP contribution < -0.4 is 10.1 Å². The Hall–Kier alpha value is -2.19. The molecule has 5 nitrogen and oxygen atoms in total. The largest absolute Gasteiger partial charge is 0.480 e. The van der Waals surface area contributed by atoms with Crippen molar-refractivity contribution in [3.63, 3.8) is 0 Å². The van der Waals surface area contributed by atoms with Crippen molar-refractivity contribution in [2.24, 2.45) is 0 Å². The summed E-state index contributed by atoms with van der Waals surface area (Å²) in [7, 11) is 1.06. The van der Waals surface area contributed by atoms with Gasteiger partial charge in [0.25, 0.3) is 5.91 Å². The fourth-order valence-electron chi connectivity index (χ4n) is 1.96. The van der Waals surface area contributed by atoms with Crippen LogP contribution in [-0.4, -0.2) is 25.1 Å². The smallest absolute Gasteiger partial charge is 0.340 e. The molecule has 2 aromatic carbocycles. The number of halogens is 4. The third-order valence-electron chi connectivity index (χ3n) is 3.29. The highest BCUT2D eigenvalue weighted by molar-refractivity contribution is 9.10. The SMILES string of the molecule is COC(=O)c1cc(NC(=O)[C@@H](C)Oc2ccc(Cl)cc2Br)c(F)cc1F. The minimum Gasteiger partial charge on any atom is -0.480 e. The van der Waals surface area contributed by atoms with Crippen LogP contribution in [-0.2, 0) is 9.53 Å². The van der Waals surface area contributed by atoms with Crippen molar-refractivity contribution in [2.45, 2.75) is 13.0 Å². The number of nitrogens with one attached hydrogen (secondary N) is 1. The van der Waals surface area contributed by atoms with Crippen molar-refractivity contribution in [3.05, 3.63) is 57.0 Å². The quantitative estimate of drug-likeness (QED) is 0.681. The van der Waals surface area contributed by atoms with Gasteiger partial charge in [0.05, 0.1) is 22.8 Å². The second-order valence-electron chi connectivity index (χ2n) is 5.13. The van der Waals surface area contributed by atoms with Gasteiger partial charge < -0.3 is 14.8 Å². The summed E-state index contributed by atoms with van der Waals surface area (Å²) in [5.41, 5.74) is -0.874. The normalized spacial score (nSPS) is 11.6. The predicted molar refractivity (Wildman–Crippen MR) is 95.6 cm³/mol.